The Labute approximate surface area is 93.5 Å². The molecule has 0 heteroatoms. The standard InChI is InChI=1S/C7H14.C4H10.C2H6.CH4/c1-7-5-3-2-4-6-7;1-4(2)3;1-2;/h7H,2-6H2,1H3;4H,1-3H3;1-2H3;1H4. The SMILES string of the molecule is C.CC.CC(C)C.CC1CCCCC1. The van der Waals surface area contributed by atoms with Crippen LogP contribution in [0.5, 0.6) is 0 Å². The molecule has 90 valence electrons. The highest BCUT2D eigenvalue weighted by molar-refractivity contribution is 4.59. The zero-order chi connectivity index (χ0) is 10.7. The first-order valence-corrected chi connectivity index (χ1v) is 6.13. The van der Waals surface area contributed by atoms with Gasteiger partial charge >= 0.3 is 0 Å². The Bertz CT molecular complexity index is 65.4. The van der Waals surface area contributed by atoms with E-state index in [1.54, 1.807) is 0 Å². The molecule has 1 aliphatic carbocycles. The van der Waals surface area contributed by atoms with Crippen LogP contribution in [0.15, 0.2) is 0 Å². The molecular weight excluding hydrogens is 168 g/mol. The van der Waals surface area contributed by atoms with Crippen molar-refractivity contribution in [2.24, 2.45) is 11.8 Å². The molecule has 1 fully saturated rings. The topological polar surface area (TPSA) is 0 Å². The summed E-state index contributed by atoms with van der Waals surface area (Å²) in [4.78, 5) is 0. The van der Waals surface area contributed by atoms with Crippen LogP contribution in [0.4, 0.5) is 0 Å². The molecule has 1 aliphatic rings. The molecule has 0 spiro atoms. The molecule has 1 rings (SSSR count). The minimum Gasteiger partial charge on any atom is -0.0776 e. The lowest BCUT2D eigenvalue weighted by Crippen LogP contribution is -1.99. The third kappa shape index (κ3) is 22.7. The molecule has 0 radical (unpaired) electrons. The summed E-state index contributed by atoms with van der Waals surface area (Å²) in [6.45, 7) is 12.9. The van der Waals surface area contributed by atoms with Gasteiger partial charge in [0.25, 0.3) is 0 Å². The molecule has 1 saturated carbocycles. The van der Waals surface area contributed by atoms with Crippen molar-refractivity contribution in [2.45, 2.75) is 81.1 Å². The van der Waals surface area contributed by atoms with E-state index < -0.39 is 0 Å². The summed E-state index contributed by atoms with van der Waals surface area (Å²) in [5.74, 6) is 1.87. The molecule has 0 heterocycles. The fourth-order valence-electron chi connectivity index (χ4n) is 1.31. The fraction of sp³-hybridized carbons (Fsp3) is 1.00. The second kappa shape index (κ2) is 15.5. The summed E-state index contributed by atoms with van der Waals surface area (Å²) in [7, 11) is 0. The fourth-order valence-corrected chi connectivity index (χ4v) is 1.31. The molecule has 0 atom stereocenters. The molecule has 0 N–H and O–H groups in total. The quantitative estimate of drug-likeness (QED) is 0.458. The third-order valence-electron chi connectivity index (χ3n) is 1.89. The molecule has 0 unspecified atom stereocenters. The average Bonchev–Trinajstić information content (AvgIpc) is 2.08. The number of hydrogen-bond acceptors (Lipinski definition) is 0. The van der Waals surface area contributed by atoms with Gasteiger partial charge in [0, 0.05) is 0 Å². The van der Waals surface area contributed by atoms with Gasteiger partial charge in [-0.3, -0.25) is 0 Å². The first-order chi connectivity index (χ1) is 6.13. The molecule has 0 aliphatic heterocycles. The van der Waals surface area contributed by atoms with Crippen molar-refractivity contribution in [3.05, 3.63) is 0 Å². The molecule has 0 saturated heterocycles. The van der Waals surface area contributed by atoms with Crippen LogP contribution in [0.3, 0.4) is 0 Å². The molecule has 0 nitrogen and oxygen atoms in total. The highest BCUT2D eigenvalue weighted by Gasteiger charge is 2.05. The van der Waals surface area contributed by atoms with E-state index in [9.17, 15) is 0 Å². The predicted octanol–water partition coefficient (Wildman–Crippen LogP) is 5.91. The van der Waals surface area contributed by atoms with Gasteiger partial charge in [-0.2, -0.15) is 0 Å². The van der Waals surface area contributed by atoms with Gasteiger partial charge in [0.2, 0.25) is 0 Å². The molecular formula is C14H34. The van der Waals surface area contributed by atoms with Crippen LogP contribution in [0.25, 0.3) is 0 Å². The van der Waals surface area contributed by atoms with Gasteiger partial charge in [-0.15, -0.1) is 0 Å². The third-order valence-corrected chi connectivity index (χ3v) is 1.89. The van der Waals surface area contributed by atoms with Crippen LogP contribution in [0.1, 0.15) is 81.1 Å². The second-order valence-corrected chi connectivity index (χ2v) is 4.48. The van der Waals surface area contributed by atoms with Crippen LogP contribution in [-0.4, -0.2) is 0 Å². The summed E-state index contributed by atoms with van der Waals surface area (Å²) in [5, 5.41) is 0. The molecule has 0 aromatic carbocycles. The van der Waals surface area contributed by atoms with Crippen LogP contribution in [-0.2, 0) is 0 Å². The van der Waals surface area contributed by atoms with E-state index in [4.69, 9.17) is 0 Å². The van der Waals surface area contributed by atoms with Gasteiger partial charge in [0.05, 0.1) is 0 Å². The van der Waals surface area contributed by atoms with E-state index in [2.05, 4.69) is 27.7 Å². The smallest absolute Gasteiger partial charge is 0.0443 e. The molecule has 0 amide bonds. The highest BCUT2D eigenvalue weighted by Crippen LogP contribution is 2.21. The Morgan fingerprint density at radius 3 is 1.29 bits per heavy atom. The summed E-state index contributed by atoms with van der Waals surface area (Å²) < 4.78 is 0. The summed E-state index contributed by atoms with van der Waals surface area (Å²) in [6.07, 6.45) is 7.44. The zero-order valence-electron chi connectivity index (χ0n) is 10.7. The largest absolute Gasteiger partial charge is 0.0776 e. The van der Waals surface area contributed by atoms with Gasteiger partial charge in [0.1, 0.15) is 0 Å². The maximum absolute atomic E-state index is 2.36. The summed E-state index contributed by atoms with van der Waals surface area (Å²) >= 11 is 0. The van der Waals surface area contributed by atoms with Crippen LogP contribution in [0, 0.1) is 11.8 Å². The van der Waals surface area contributed by atoms with Gasteiger partial charge in [0.15, 0.2) is 0 Å². The Kier molecular flexibility index (Phi) is 21.6. The average molecular weight is 202 g/mol. The molecule has 14 heavy (non-hydrogen) atoms. The lowest BCUT2D eigenvalue weighted by Gasteiger charge is -2.15. The first kappa shape index (κ1) is 19.6. The second-order valence-electron chi connectivity index (χ2n) is 4.48. The number of rotatable bonds is 0. The predicted molar refractivity (Wildman–Crippen MR) is 70.8 cm³/mol. The first-order valence-electron chi connectivity index (χ1n) is 6.13. The van der Waals surface area contributed by atoms with E-state index in [0.717, 1.165) is 11.8 Å². The Hall–Kier alpha value is 0. The van der Waals surface area contributed by atoms with Crippen molar-refractivity contribution in [2.75, 3.05) is 0 Å². The lowest BCUT2D eigenvalue weighted by molar-refractivity contribution is 0.385. The van der Waals surface area contributed by atoms with Crippen molar-refractivity contribution < 1.29 is 0 Å². The minimum absolute atomic E-state index is 0. The van der Waals surface area contributed by atoms with E-state index in [1.807, 2.05) is 13.8 Å². The van der Waals surface area contributed by atoms with E-state index in [1.165, 1.54) is 32.1 Å². The van der Waals surface area contributed by atoms with Crippen molar-refractivity contribution in [3.8, 4) is 0 Å². The maximum atomic E-state index is 2.36. The van der Waals surface area contributed by atoms with Crippen molar-refractivity contribution in [1.29, 1.82) is 0 Å². The van der Waals surface area contributed by atoms with E-state index in [0.29, 0.717) is 0 Å². The summed E-state index contributed by atoms with van der Waals surface area (Å²) in [5.41, 5.74) is 0. The number of hydrogen-bond donors (Lipinski definition) is 0. The van der Waals surface area contributed by atoms with Crippen LogP contribution >= 0.6 is 0 Å². The normalized spacial score (nSPS) is 15.6. The Morgan fingerprint density at radius 1 is 0.857 bits per heavy atom. The highest BCUT2D eigenvalue weighted by atomic mass is 14.1. The summed E-state index contributed by atoms with van der Waals surface area (Å²) in [6, 6.07) is 0. The Balaban J connectivity index is -0.000000152. The van der Waals surface area contributed by atoms with E-state index in [-0.39, 0.29) is 7.43 Å². The molecule has 0 aromatic rings. The van der Waals surface area contributed by atoms with Crippen molar-refractivity contribution >= 4 is 0 Å². The minimum atomic E-state index is 0. The van der Waals surface area contributed by atoms with Gasteiger partial charge in [-0.1, -0.05) is 81.1 Å². The zero-order valence-corrected chi connectivity index (χ0v) is 10.7. The van der Waals surface area contributed by atoms with Gasteiger partial charge in [-0.25, -0.2) is 0 Å². The lowest BCUT2D eigenvalue weighted by atomic mass is 9.91. The van der Waals surface area contributed by atoms with Crippen LogP contribution in [0.2, 0.25) is 0 Å². The van der Waals surface area contributed by atoms with Crippen LogP contribution < -0.4 is 0 Å². The monoisotopic (exact) mass is 202 g/mol. The van der Waals surface area contributed by atoms with Crippen molar-refractivity contribution in [1.82, 2.24) is 0 Å². The maximum Gasteiger partial charge on any atom is -0.0443 e. The Morgan fingerprint density at radius 2 is 1.14 bits per heavy atom. The molecule has 0 aromatic heterocycles. The van der Waals surface area contributed by atoms with Crippen molar-refractivity contribution in [3.63, 3.8) is 0 Å². The molecule has 0 bridgehead atoms. The van der Waals surface area contributed by atoms with Gasteiger partial charge < -0.3 is 0 Å². The van der Waals surface area contributed by atoms with E-state index >= 15 is 0 Å². The van der Waals surface area contributed by atoms with Gasteiger partial charge in [-0.05, 0) is 11.8 Å².